The lowest BCUT2D eigenvalue weighted by Gasteiger charge is -2.33. The summed E-state index contributed by atoms with van der Waals surface area (Å²) in [5.74, 6) is 0. The number of nitrogens with one attached hydrogen (secondary N) is 2. The molecule has 0 saturated carbocycles. The standard InChI is InChI=1S/C13H14ClN3O4S/c14-9-2-1-3-10(6-9)22(19,20)17-4-5-21-8-12(17)11-7-13(18)16-15-11/h1-3,6-7,12H,4-5,8H2,(H2,15,16,18). The zero-order valence-electron chi connectivity index (χ0n) is 11.5. The molecule has 0 amide bonds. The van der Waals surface area contributed by atoms with Gasteiger partial charge < -0.3 is 9.84 Å². The van der Waals surface area contributed by atoms with Crippen LogP contribution in [0, 0.1) is 0 Å². The Kier molecular flexibility index (Phi) is 4.09. The molecule has 0 bridgehead atoms. The third-order valence-corrected chi connectivity index (χ3v) is 5.60. The van der Waals surface area contributed by atoms with Crippen molar-refractivity contribution in [1.29, 1.82) is 0 Å². The van der Waals surface area contributed by atoms with Crippen molar-refractivity contribution in [2.75, 3.05) is 19.8 Å². The van der Waals surface area contributed by atoms with Crippen LogP contribution < -0.4 is 5.56 Å². The minimum Gasteiger partial charge on any atom is -0.378 e. The van der Waals surface area contributed by atoms with Crippen LogP contribution in [0.15, 0.2) is 40.0 Å². The predicted molar refractivity (Wildman–Crippen MR) is 80.3 cm³/mol. The molecule has 2 heterocycles. The van der Waals surface area contributed by atoms with Gasteiger partial charge in [-0.2, -0.15) is 4.31 Å². The zero-order chi connectivity index (χ0) is 15.7. The van der Waals surface area contributed by atoms with Crippen molar-refractivity contribution >= 4 is 21.6 Å². The van der Waals surface area contributed by atoms with Gasteiger partial charge in [-0.25, -0.2) is 8.42 Å². The molecular weight excluding hydrogens is 330 g/mol. The van der Waals surface area contributed by atoms with E-state index >= 15 is 0 Å². The minimum atomic E-state index is -3.74. The summed E-state index contributed by atoms with van der Waals surface area (Å²) in [6, 6.07) is 6.84. The molecule has 0 radical (unpaired) electrons. The van der Waals surface area contributed by atoms with Gasteiger partial charge in [0, 0.05) is 17.6 Å². The van der Waals surface area contributed by atoms with Crippen LogP contribution in [0.25, 0.3) is 0 Å². The fourth-order valence-corrected chi connectivity index (χ4v) is 4.29. The summed E-state index contributed by atoms with van der Waals surface area (Å²) < 4.78 is 32.4. The number of aromatic amines is 2. The van der Waals surface area contributed by atoms with Gasteiger partial charge in [0.25, 0.3) is 5.56 Å². The normalized spacial score (nSPS) is 20.1. The second kappa shape index (κ2) is 5.88. The van der Waals surface area contributed by atoms with E-state index in [4.69, 9.17) is 16.3 Å². The lowest BCUT2D eigenvalue weighted by Crippen LogP contribution is -2.43. The van der Waals surface area contributed by atoms with E-state index in [1.165, 1.54) is 22.5 Å². The molecule has 9 heteroatoms. The van der Waals surface area contributed by atoms with Crippen LogP contribution in [-0.2, 0) is 14.8 Å². The molecule has 22 heavy (non-hydrogen) atoms. The van der Waals surface area contributed by atoms with E-state index in [0.717, 1.165) is 0 Å². The maximum Gasteiger partial charge on any atom is 0.264 e. The van der Waals surface area contributed by atoms with E-state index in [1.807, 2.05) is 0 Å². The van der Waals surface area contributed by atoms with E-state index in [9.17, 15) is 13.2 Å². The Morgan fingerprint density at radius 1 is 1.27 bits per heavy atom. The Balaban J connectivity index is 2.01. The Morgan fingerprint density at radius 2 is 2.09 bits per heavy atom. The van der Waals surface area contributed by atoms with Crippen molar-refractivity contribution in [3.8, 4) is 0 Å². The van der Waals surface area contributed by atoms with Crippen molar-refractivity contribution in [3.05, 3.63) is 51.4 Å². The molecule has 3 rings (SSSR count). The number of aromatic nitrogens is 2. The van der Waals surface area contributed by atoms with Gasteiger partial charge in [0.1, 0.15) is 0 Å². The van der Waals surface area contributed by atoms with Crippen molar-refractivity contribution < 1.29 is 13.2 Å². The molecule has 1 aliphatic rings. The first-order valence-corrected chi connectivity index (χ1v) is 8.43. The molecule has 2 aromatic rings. The lowest BCUT2D eigenvalue weighted by molar-refractivity contribution is 0.0306. The Morgan fingerprint density at radius 3 is 2.77 bits per heavy atom. The molecule has 1 fully saturated rings. The summed E-state index contributed by atoms with van der Waals surface area (Å²) in [6.45, 7) is 0.672. The van der Waals surface area contributed by atoms with Gasteiger partial charge >= 0.3 is 0 Å². The third-order valence-electron chi connectivity index (χ3n) is 3.46. The van der Waals surface area contributed by atoms with Gasteiger partial charge in [0.05, 0.1) is 29.8 Å². The van der Waals surface area contributed by atoms with Gasteiger partial charge in [0.2, 0.25) is 10.0 Å². The summed E-state index contributed by atoms with van der Waals surface area (Å²) >= 11 is 5.89. The van der Waals surface area contributed by atoms with Crippen molar-refractivity contribution in [2.24, 2.45) is 0 Å². The summed E-state index contributed by atoms with van der Waals surface area (Å²) in [5, 5.41) is 5.45. The molecule has 1 atom stereocenters. The molecule has 0 aliphatic carbocycles. The van der Waals surface area contributed by atoms with E-state index < -0.39 is 16.1 Å². The number of ether oxygens (including phenoxy) is 1. The lowest BCUT2D eigenvalue weighted by atomic mass is 10.2. The summed E-state index contributed by atoms with van der Waals surface area (Å²) in [7, 11) is -3.74. The van der Waals surface area contributed by atoms with Crippen LogP contribution >= 0.6 is 11.6 Å². The average molecular weight is 344 g/mol. The zero-order valence-corrected chi connectivity index (χ0v) is 13.0. The number of nitrogens with zero attached hydrogens (tertiary/aromatic N) is 1. The first-order chi connectivity index (χ1) is 10.5. The monoisotopic (exact) mass is 343 g/mol. The first kappa shape index (κ1) is 15.3. The molecule has 7 nitrogen and oxygen atoms in total. The highest BCUT2D eigenvalue weighted by Crippen LogP contribution is 2.29. The highest BCUT2D eigenvalue weighted by molar-refractivity contribution is 7.89. The molecule has 1 unspecified atom stereocenters. The number of benzene rings is 1. The number of halogens is 1. The van der Waals surface area contributed by atoms with E-state index in [0.29, 0.717) is 17.3 Å². The maximum absolute atomic E-state index is 12.8. The molecule has 0 spiro atoms. The van der Waals surface area contributed by atoms with Gasteiger partial charge in [-0.05, 0) is 18.2 Å². The van der Waals surface area contributed by atoms with E-state index in [2.05, 4.69) is 10.2 Å². The van der Waals surface area contributed by atoms with E-state index in [1.54, 1.807) is 12.1 Å². The predicted octanol–water partition coefficient (Wildman–Crippen LogP) is 1.12. The molecule has 1 aliphatic heterocycles. The molecule has 2 N–H and O–H groups in total. The van der Waals surface area contributed by atoms with E-state index in [-0.39, 0.29) is 23.6 Å². The second-order valence-corrected chi connectivity index (χ2v) is 7.20. The highest BCUT2D eigenvalue weighted by Gasteiger charge is 2.36. The van der Waals surface area contributed by atoms with Gasteiger partial charge in [-0.1, -0.05) is 17.7 Å². The minimum absolute atomic E-state index is 0.116. The third kappa shape index (κ3) is 2.82. The maximum atomic E-state index is 12.8. The smallest absolute Gasteiger partial charge is 0.264 e. The number of morpholine rings is 1. The SMILES string of the molecule is O=c1cc(C2COCCN2S(=O)(=O)c2cccc(Cl)c2)[nH][nH]1. The van der Waals surface area contributed by atoms with Gasteiger partial charge in [-0.3, -0.25) is 9.89 Å². The number of sulfonamides is 1. The second-order valence-electron chi connectivity index (χ2n) is 4.88. The number of hydrogen-bond donors (Lipinski definition) is 2. The Hall–Kier alpha value is -1.61. The van der Waals surface area contributed by atoms with Crippen LogP contribution in [0.5, 0.6) is 0 Å². The molecule has 1 aromatic carbocycles. The van der Waals surface area contributed by atoms with Gasteiger partial charge in [-0.15, -0.1) is 0 Å². The average Bonchev–Trinajstić information content (AvgIpc) is 2.94. The van der Waals surface area contributed by atoms with Crippen molar-refractivity contribution in [3.63, 3.8) is 0 Å². The summed E-state index contributed by atoms with van der Waals surface area (Å²) in [4.78, 5) is 11.4. The molecular formula is C13H14ClN3O4S. The topological polar surface area (TPSA) is 95.3 Å². The van der Waals surface area contributed by atoms with Gasteiger partial charge in [0.15, 0.2) is 0 Å². The number of rotatable bonds is 3. The molecule has 1 aromatic heterocycles. The van der Waals surface area contributed by atoms with Crippen LogP contribution in [0.2, 0.25) is 5.02 Å². The van der Waals surface area contributed by atoms with Crippen molar-refractivity contribution in [2.45, 2.75) is 10.9 Å². The van der Waals surface area contributed by atoms with Crippen LogP contribution in [0.4, 0.5) is 0 Å². The van der Waals surface area contributed by atoms with Crippen LogP contribution in [0.3, 0.4) is 0 Å². The Labute approximate surface area is 131 Å². The summed E-state index contributed by atoms with van der Waals surface area (Å²) in [5.41, 5.74) is 0.149. The fourth-order valence-electron chi connectivity index (χ4n) is 2.41. The van der Waals surface area contributed by atoms with Crippen LogP contribution in [-0.4, -0.2) is 42.7 Å². The molecule has 118 valence electrons. The largest absolute Gasteiger partial charge is 0.378 e. The quantitative estimate of drug-likeness (QED) is 0.873. The first-order valence-electron chi connectivity index (χ1n) is 6.61. The fraction of sp³-hybridized carbons (Fsp3) is 0.308. The molecule has 1 saturated heterocycles. The Bertz CT molecular complexity index is 830. The summed E-state index contributed by atoms with van der Waals surface area (Å²) in [6.07, 6.45) is 0. The highest BCUT2D eigenvalue weighted by atomic mass is 35.5. The number of hydrogen-bond acceptors (Lipinski definition) is 4. The van der Waals surface area contributed by atoms with Crippen LogP contribution in [0.1, 0.15) is 11.7 Å². The van der Waals surface area contributed by atoms with Crippen molar-refractivity contribution in [1.82, 2.24) is 14.5 Å². The number of H-pyrrole nitrogens is 2.